The third-order valence-electron chi connectivity index (χ3n) is 4.44. The summed E-state index contributed by atoms with van der Waals surface area (Å²) in [7, 11) is 0. The molecule has 2 aromatic carbocycles. The minimum atomic E-state index is -0.137. The van der Waals surface area contributed by atoms with Crippen molar-refractivity contribution in [3.05, 3.63) is 101 Å². The molecule has 1 aromatic heterocycles. The summed E-state index contributed by atoms with van der Waals surface area (Å²) in [5.41, 5.74) is 2.16. The molecule has 6 heteroatoms. The van der Waals surface area contributed by atoms with Gasteiger partial charge in [0.05, 0.1) is 4.88 Å². The SMILES string of the molecule is N=C(/C=C\Nc1ccccc1)N(CCCNCc1ccccc1)C(=O)c1cccs1. The Balaban J connectivity index is 1.54. The number of hydrogen-bond donors (Lipinski definition) is 3. The van der Waals surface area contributed by atoms with E-state index < -0.39 is 0 Å². The van der Waals surface area contributed by atoms with E-state index in [-0.39, 0.29) is 11.7 Å². The van der Waals surface area contributed by atoms with Gasteiger partial charge in [0.25, 0.3) is 5.91 Å². The average molecular weight is 419 g/mol. The van der Waals surface area contributed by atoms with Crippen molar-refractivity contribution in [1.29, 1.82) is 5.41 Å². The molecule has 0 aliphatic rings. The highest BCUT2D eigenvalue weighted by molar-refractivity contribution is 7.12. The topological polar surface area (TPSA) is 68.2 Å². The minimum Gasteiger partial charge on any atom is -0.362 e. The average Bonchev–Trinajstić information content (AvgIpc) is 3.32. The Bertz CT molecular complexity index is 940. The van der Waals surface area contributed by atoms with Crippen molar-refractivity contribution >= 4 is 28.8 Å². The molecule has 3 rings (SSSR count). The molecule has 154 valence electrons. The van der Waals surface area contributed by atoms with Crippen LogP contribution in [-0.2, 0) is 6.54 Å². The van der Waals surface area contributed by atoms with Crippen LogP contribution < -0.4 is 10.6 Å². The maximum absolute atomic E-state index is 12.9. The molecule has 0 unspecified atom stereocenters. The van der Waals surface area contributed by atoms with Gasteiger partial charge in [0.15, 0.2) is 0 Å². The summed E-state index contributed by atoms with van der Waals surface area (Å²) in [6, 6.07) is 23.6. The number of benzene rings is 2. The zero-order chi connectivity index (χ0) is 21.0. The third kappa shape index (κ3) is 6.69. The number of anilines is 1. The van der Waals surface area contributed by atoms with Gasteiger partial charge in [-0.3, -0.25) is 15.1 Å². The van der Waals surface area contributed by atoms with Crippen LogP contribution in [0.2, 0.25) is 0 Å². The summed E-state index contributed by atoms with van der Waals surface area (Å²) in [6.45, 7) is 2.04. The van der Waals surface area contributed by atoms with Gasteiger partial charge in [-0.05, 0) is 48.2 Å². The number of amidine groups is 1. The number of nitrogens with zero attached hydrogens (tertiary/aromatic N) is 1. The molecule has 0 aliphatic carbocycles. The molecule has 0 saturated heterocycles. The van der Waals surface area contributed by atoms with Gasteiger partial charge in [0.1, 0.15) is 5.84 Å². The number of carbonyl (C=O) groups excluding carboxylic acids is 1. The van der Waals surface area contributed by atoms with Gasteiger partial charge >= 0.3 is 0 Å². The Morgan fingerprint density at radius 1 is 1.00 bits per heavy atom. The van der Waals surface area contributed by atoms with E-state index in [0.29, 0.717) is 11.4 Å². The number of carbonyl (C=O) groups is 1. The van der Waals surface area contributed by atoms with E-state index in [1.54, 1.807) is 18.3 Å². The van der Waals surface area contributed by atoms with Gasteiger partial charge < -0.3 is 10.6 Å². The summed E-state index contributed by atoms with van der Waals surface area (Å²) in [5, 5.41) is 16.8. The Morgan fingerprint density at radius 2 is 1.73 bits per heavy atom. The van der Waals surface area contributed by atoms with Crippen molar-refractivity contribution in [3.8, 4) is 0 Å². The van der Waals surface area contributed by atoms with E-state index >= 15 is 0 Å². The molecular formula is C24H26N4OS. The standard InChI is InChI=1S/C24H26N4OS/c25-23(14-16-27-21-11-5-2-6-12-21)28(24(29)22-13-7-18-30-22)17-8-15-26-19-20-9-3-1-4-10-20/h1-7,9-14,16,18,25-27H,8,15,17,19H2/b16-14-,25-23?. The lowest BCUT2D eigenvalue weighted by Gasteiger charge is -2.21. The van der Waals surface area contributed by atoms with E-state index in [4.69, 9.17) is 5.41 Å². The number of rotatable bonds is 10. The molecule has 0 spiro atoms. The Hall–Kier alpha value is -3.22. The summed E-state index contributed by atoms with van der Waals surface area (Å²) in [4.78, 5) is 15.1. The van der Waals surface area contributed by atoms with Crippen LogP contribution in [0.15, 0.2) is 90.5 Å². The van der Waals surface area contributed by atoms with Gasteiger partial charge in [-0.25, -0.2) is 0 Å². The quantitative estimate of drug-likeness (QED) is 0.247. The van der Waals surface area contributed by atoms with E-state index in [9.17, 15) is 4.79 Å². The second kappa shape index (κ2) is 11.7. The van der Waals surface area contributed by atoms with E-state index in [1.807, 2.05) is 60.0 Å². The number of para-hydroxylation sites is 1. The second-order valence-corrected chi connectivity index (χ2v) is 7.63. The maximum Gasteiger partial charge on any atom is 0.269 e. The Kier molecular flexibility index (Phi) is 8.38. The van der Waals surface area contributed by atoms with Gasteiger partial charge in [0, 0.05) is 25.0 Å². The Morgan fingerprint density at radius 3 is 2.43 bits per heavy atom. The molecule has 30 heavy (non-hydrogen) atoms. The monoisotopic (exact) mass is 418 g/mol. The summed E-state index contributed by atoms with van der Waals surface area (Å²) >= 11 is 1.40. The summed E-state index contributed by atoms with van der Waals surface area (Å²) in [5.74, 6) is 0.0299. The van der Waals surface area contributed by atoms with Gasteiger partial charge in [-0.15, -0.1) is 11.3 Å². The Labute approximate surface area is 181 Å². The van der Waals surface area contributed by atoms with Crippen LogP contribution in [0, 0.1) is 5.41 Å². The predicted molar refractivity (Wildman–Crippen MR) is 125 cm³/mol. The van der Waals surface area contributed by atoms with Crippen molar-refractivity contribution in [2.45, 2.75) is 13.0 Å². The fourth-order valence-electron chi connectivity index (χ4n) is 2.90. The fourth-order valence-corrected chi connectivity index (χ4v) is 3.57. The molecule has 0 saturated carbocycles. The predicted octanol–water partition coefficient (Wildman–Crippen LogP) is 4.97. The van der Waals surface area contributed by atoms with Crippen LogP contribution in [0.3, 0.4) is 0 Å². The smallest absolute Gasteiger partial charge is 0.269 e. The molecule has 5 nitrogen and oxygen atoms in total. The van der Waals surface area contributed by atoms with Crippen molar-refractivity contribution < 1.29 is 4.79 Å². The van der Waals surface area contributed by atoms with Crippen molar-refractivity contribution in [2.24, 2.45) is 0 Å². The first kappa shape index (κ1) is 21.5. The molecule has 3 aromatic rings. The molecule has 1 amide bonds. The van der Waals surface area contributed by atoms with E-state index in [0.717, 1.165) is 25.2 Å². The largest absolute Gasteiger partial charge is 0.362 e. The highest BCUT2D eigenvalue weighted by Gasteiger charge is 2.19. The molecule has 3 N–H and O–H groups in total. The third-order valence-corrected chi connectivity index (χ3v) is 5.30. The van der Waals surface area contributed by atoms with E-state index in [1.165, 1.54) is 21.8 Å². The highest BCUT2D eigenvalue weighted by atomic mass is 32.1. The number of nitrogens with one attached hydrogen (secondary N) is 3. The lowest BCUT2D eigenvalue weighted by molar-refractivity contribution is 0.0850. The van der Waals surface area contributed by atoms with Crippen LogP contribution in [0.25, 0.3) is 0 Å². The van der Waals surface area contributed by atoms with Crippen molar-refractivity contribution in [3.63, 3.8) is 0 Å². The van der Waals surface area contributed by atoms with Gasteiger partial charge in [-0.1, -0.05) is 54.6 Å². The molecule has 1 heterocycles. The highest BCUT2D eigenvalue weighted by Crippen LogP contribution is 2.13. The van der Waals surface area contributed by atoms with Crippen LogP contribution >= 0.6 is 11.3 Å². The first-order valence-electron chi connectivity index (χ1n) is 9.91. The maximum atomic E-state index is 12.9. The van der Waals surface area contributed by atoms with Crippen LogP contribution in [-0.4, -0.2) is 29.7 Å². The molecule has 0 atom stereocenters. The first-order chi connectivity index (χ1) is 14.7. The number of hydrogen-bond acceptors (Lipinski definition) is 5. The van der Waals surface area contributed by atoms with Crippen molar-refractivity contribution in [2.75, 3.05) is 18.4 Å². The molecule has 0 radical (unpaired) electrons. The fraction of sp³-hybridized carbons (Fsp3) is 0.167. The lowest BCUT2D eigenvalue weighted by Crippen LogP contribution is -2.37. The molecule has 0 fully saturated rings. The normalized spacial score (nSPS) is 10.8. The summed E-state index contributed by atoms with van der Waals surface area (Å²) < 4.78 is 0. The molecule has 0 aliphatic heterocycles. The van der Waals surface area contributed by atoms with Gasteiger partial charge in [-0.2, -0.15) is 0 Å². The minimum absolute atomic E-state index is 0.137. The van der Waals surface area contributed by atoms with E-state index in [2.05, 4.69) is 22.8 Å². The first-order valence-corrected chi connectivity index (χ1v) is 10.8. The number of thiophene rings is 1. The number of amides is 1. The van der Waals surface area contributed by atoms with Crippen molar-refractivity contribution in [1.82, 2.24) is 10.2 Å². The zero-order valence-corrected chi connectivity index (χ0v) is 17.6. The zero-order valence-electron chi connectivity index (χ0n) is 16.8. The van der Waals surface area contributed by atoms with Crippen LogP contribution in [0.5, 0.6) is 0 Å². The molecule has 0 bridgehead atoms. The van der Waals surface area contributed by atoms with Crippen LogP contribution in [0.4, 0.5) is 5.69 Å². The second-order valence-electron chi connectivity index (χ2n) is 6.68. The molecular weight excluding hydrogens is 392 g/mol. The lowest BCUT2D eigenvalue weighted by atomic mass is 10.2. The summed E-state index contributed by atoms with van der Waals surface area (Å²) in [6.07, 6.45) is 4.07. The van der Waals surface area contributed by atoms with Gasteiger partial charge in [0.2, 0.25) is 0 Å². The van der Waals surface area contributed by atoms with Crippen LogP contribution in [0.1, 0.15) is 21.7 Å².